The molecular formula is C29H39F2N5O3. The lowest BCUT2D eigenvalue weighted by Crippen LogP contribution is -2.55. The number of alkyl halides is 1. The molecule has 2 bridgehead atoms. The molecule has 2 unspecified atom stereocenters. The molecule has 1 aromatic carbocycles. The maximum absolute atomic E-state index is 17.2. The summed E-state index contributed by atoms with van der Waals surface area (Å²) in [6.07, 6.45) is 4.19. The van der Waals surface area contributed by atoms with Gasteiger partial charge in [0, 0.05) is 43.6 Å². The quantitative estimate of drug-likeness (QED) is 0.369. The Morgan fingerprint density at radius 2 is 1.87 bits per heavy atom. The summed E-state index contributed by atoms with van der Waals surface area (Å²) < 4.78 is 42.7. The Labute approximate surface area is 228 Å². The van der Waals surface area contributed by atoms with Gasteiger partial charge in [-0.15, -0.1) is 0 Å². The van der Waals surface area contributed by atoms with Crippen LogP contribution in [0.4, 0.5) is 8.78 Å². The standard InChI is InChI=1S/C29H39F2N5O3/c1-28(35-26(37)22-7-11-32-12-8-22)19-29(31,36-13-9-23(28)10-14-36)27-33-17-24(30)25(34-27)21-5-3-20(4-6-21)18-39-16-15-38-2/h3-6,17,22-23,32H,7-16,18-19H2,1-2H3,(H,35,37). The summed E-state index contributed by atoms with van der Waals surface area (Å²) in [6, 6.07) is 7.21. The SMILES string of the molecule is COCCOCc1ccc(-c2nc(C3(F)CC(C)(NC(=O)C4CCNCC4)C4CCN3CC4)ncc2F)cc1. The fourth-order valence-electron chi connectivity index (χ4n) is 6.29. The molecule has 1 aromatic heterocycles. The number of fused-ring (bicyclic) bond motifs is 4. The van der Waals surface area contributed by atoms with E-state index in [9.17, 15) is 9.18 Å². The number of hydrogen-bond acceptors (Lipinski definition) is 7. The molecule has 2 atom stereocenters. The molecule has 2 aromatic rings. The third kappa shape index (κ3) is 5.99. The highest BCUT2D eigenvalue weighted by atomic mass is 19.1. The number of hydrogen-bond donors (Lipinski definition) is 2. The lowest BCUT2D eigenvalue weighted by molar-refractivity contribution is -0.129. The normalized spacial score (nSPS) is 29.2. The topological polar surface area (TPSA) is 88.6 Å². The first-order valence-electron chi connectivity index (χ1n) is 14.0. The van der Waals surface area contributed by atoms with Crippen LogP contribution in [0, 0.1) is 17.7 Å². The van der Waals surface area contributed by atoms with Crippen molar-refractivity contribution in [3.63, 3.8) is 0 Å². The molecule has 4 fully saturated rings. The number of nitrogens with one attached hydrogen (secondary N) is 2. The molecule has 0 saturated carbocycles. The number of carbonyl (C=O) groups is 1. The van der Waals surface area contributed by atoms with E-state index in [2.05, 4.69) is 20.6 Å². The van der Waals surface area contributed by atoms with Crippen molar-refractivity contribution in [3.05, 3.63) is 47.7 Å². The van der Waals surface area contributed by atoms with Gasteiger partial charge in [-0.1, -0.05) is 24.3 Å². The van der Waals surface area contributed by atoms with Crippen molar-refractivity contribution in [2.75, 3.05) is 46.5 Å². The summed E-state index contributed by atoms with van der Waals surface area (Å²) in [5.74, 6) is -2.62. The van der Waals surface area contributed by atoms with Gasteiger partial charge < -0.3 is 20.1 Å². The molecule has 4 aliphatic rings. The van der Waals surface area contributed by atoms with Crippen LogP contribution >= 0.6 is 0 Å². The second-order valence-corrected chi connectivity index (χ2v) is 11.3. The van der Waals surface area contributed by atoms with Gasteiger partial charge in [0.1, 0.15) is 5.69 Å². The summed E-state index contributed by atoms with van der Waals surface area (Å²) >= 11 is 0. The molecule has 4 saturated heterocycles. The molecule has 5 heterocycles. The molecule has 212 valence electrons. The summed E-state index contributed by atoms with van der Waals surface area (Å²) in [6.45, 7) is 6.05. The van der Waals surface area contributed by atoms with Crippen LogP contribution in [0.3, 0.4) is 0 Å². The van der Waals surface area contributed by atoms with Crippen molar-refractivity contribution in [3.8, 4) is 11.3 Å². The zero-order valence-electron chi connectivity index (χ0n) is 22.8. The van der Waals surface area contributed by atoms with Gasteiger partial charge in [-0.05, 0) is 57.2 Å². The van der Waals surface area contributed by atoms with Crippen LogP contribution in [-0.4, -0.2) is 72.8 Å². The van der Waals surface area contributed by atoms with Crippen LogP contribution < -0.4 is 10.6 Å². The lowest BCUT2D eigenvalue weighted by atomic mass is 9.77. The van der Waals surface area contributed by atoms with E-state index < -0.39 is 17.1 Å². The number of halogens is 2. The predicted molar refractivity (Wildman–Crippen MR) is 143 cm³/mol. The molecular weight excluding hydrogens is 504 g/mol. The lowest BCUT2D eigenvalue weighted by Gasteiger charge is -2.39. The van der Waals surface area contributed by atoms with Crippen LogP contribution in [0.1, 0.15) is 50.4 Å². The zero-order valence-corrected chi connectivity index (χ0v) is 22.8. The minimum atomic E-state index is -2.03. The highest BCUT2D eigenvalue weighted by molar-refractivity contribution is 5.79. The average molecular weight is 544 g/mol. The number of amides is 1. The van der Waals surface area contributed by atoms with Crippen molar-refractivity contribution in [1.82, 2.24) is 25.5 Å². The van der Waals surface area contributed by atoms with Crippen LogP contribution in [0.5, 0.6) is 0 Å². The number of aromatic nitrogens is 2. The Hall–Kier alpha value is -2.53. The minimum absolute atomic E-state index is 0.00583. The molecule has 1 amide bonds. The van der Waals surface area contributed by atoms with Crippen molar-refractivity contribution < 1.29 is 23.0 Å². The summed E-state index contributed by atoms with van der Waals surface area (Å²) in [4.78, 5) is 23.7. The third-order valence-electron chi connectivity index (χ3n) is 8.63. The largest absolute Gasteiger partial charge is 0.382 e. The average Bonchev–Trinajstić information content (AvgIpc) is 3.13. The fraction of sp³-hybridized carbons (Fsp3) is 0.621. The fourth-order valence-corrected chi connectivity index (χ4v) is 6.29. The van der Waals surface area contributed by atoms with Gasteiger partial charge in [0.2, 0.25) is 11.7 Å². The van der Waals surface area contributed by atoms with Gasteiger partial charge in [0.05, 0.1) is 26.0 Å². The molecule has 4 aliphatic heterocycles. The number of benzene rings is 1. The van der Waals surface area contributed by atoms with E-state index in [0.717, 1.165) is 50.5 Å². The number of piperidine rings is 2. The molecule has 0 spiro atoms. The van der Waals surface area contributed by atoms with Crippen LogP contribution in [0.15, 0.2) is 30.5 Å². The Bertz CT molecular complexity index is 1140. The first-order valence-corrected chi connectivity index (χ1v) is 14.0. The number of nitrogens with zero attached hydrogens (tertiary/aromatic N) is 3. The molecule has 2 N–H and O–H groups in total. The van der Waals surface area contributed by atoms with E-state index in [1.54, 1.807) is 24.1 Å². The second kappa shape index (κ2) is 11.9. The number of carbonyl (C=O) groups excluding carboxylic acids is 1. The number of methoxy groups -OCH3 is 1. The maximum Gasteiger partial charge on any atom is 0.226 e. The second-order valence-electron chi connectivity index (χ2n) is 11.3. The van der Waals surface area contributed by atoms with Crippen LogP contribution in [-0.2, 0) is 26.7 Å². The van der Waals surface area contributed by atoms with E-state index in [0.29, 0.717) is 38.5 Å². The highest BCUT2D eigenvalue weighted by Crippen LogP contribution is 2.48. The molecule has 10 heteroatoms. The molecule has 39 heavy (non-hydrogen) atoms. The van der Waals surface area contributed by atoms with Gasteiger partial charge in [0.15, 0.2) is 11.6 Å². The van der Waals surface area contributed by atoms with Gasteiger partial charge in [-0.25, -0.2) is 18.7 Å². The van der Waals surface area contributed by atoms with Crippen LogP contribution in [0.2, 0.25) is 0 Å². The molecule has 0 aliphatic carbocycles. The van der Waals surface area contributed by atoms with Crippen LogP contribution in [0.25, 0.3) is 11.3 Å². The number of rotatable bonds is 9. The molecule has 8 nitrogen and oxygen atoms in total. The smallest absolute Gasteiger partial charge is 0.226 e. The Morgan fingerprint density at radius 1 is 1.15 bits per heavy atom. The summed E-state index contributed by atoms with van der Waals surface area (Å²) in [7, 11) is 1.62. The first-order chi connectivity index (χ1) is 18.8. The Morgan fingerprint density at radius 3 is 2.56 bits per heavy atom. The van der Waals surface area contributed by atoms with E-state index in [1.165, 1.54) is 0 Å². The molecule has 6 rings (SSSR count). The van der Waals surface area contributed by atoms with Gasteiger partial charge in [-0.3, -0.25) is 9.69 Å². The van der Waals surface area contributed by atoms with Crippen molar-refractivity contribution >= 4 is 5.91 Å². The first kappa shape index (κ1) is 28.0. The maximum atomic E-state index is 17.2. The van der Waals surface area contributed by atoms with Crippen molar-refractivity contribution in [2.24, 2.45) is 11.8 Å². The van der Waals surface area contributed by atoms with Gasteiger partial charge >= 0.3 is 0 Å². The third-order valence-corrected chi connectivity index (χ3v) is 8.63. The van der Waals surface area contributed by atoms with Crippen molar-refractivity contribution in [2.45, 2.75) is 57.0 Å². The molecule has 0 radical (unpaired) electrons. The number of ether oxygens (including phenoxy) is 2. The monoisotopic (exact) mass is 543 g/mol. The Kier molecular flexibility index (Phi) is 8.56. The van der Waals surface area contributed by atoms with Gasteiger partial charge in [0.25, 0.3) is 0 Å². The summed E-state index contributed by atoms with van der Waals surface area (Å²) in [5, 5.41) is 6.55. The predicted octanol–water partition coefficient (Wildman–Crippen LogP) is 3.56. The minimum Gasteiger partial charge on any atom is -0.382 e. The van der Waals surface area contributed by atoms with E-state index in [-0.39, 0.29) is 35.7 Å². The van der Waals surface area contributed by atoms with E-state index >= 15 is 4.39 Å². The van der Waals surface area contributed by atoms with Crippen molar-refractivity contribution in [1.29, 1.82) is 0 Å². The van der Waals surface area contributed by atoms with Gasteiger partial charge in [-0.2, -0.15) is 0 Å². The van der Waals surface area contributed by atoms with E-state index in [1.807, 2.05) is 19.1 Å². The zero-order chi connectivity index (χ0) is 27.5. The Balaban J connectivity index is 1.39. The van der Waals surface area contributed by atoms with E-state index in [4.69, 9.17) is 9.47 Å². The highest BCUT2D eigenvalue weighted by Gasteiger charge is 2.55. The summed E-state index contributed by atoms with van der Waals surface area (Å²) in [5.41, 5.74) is 0.767.